The minimum atomic E-state index is -6.56. The van der Waals surface area contributed by atoms with Crippen molar-refractivity contribution >= 4 is 5.97 Å². The maximum absolute atomic E-state index is 12.8. The summed E-state index contributed by atoms with van der Waals surface area (Å²) in [5.74, 6) is -21.3. The van der Waals surface area contributed by atoms with Gasteiger partial charge >= 0.3 is 30.2 Å². The van der Waals surface area contributed by atoms with Crippen LogP contribution in [0.3, 0.4) is 0 Å². The second-order valence-electron chi connectivity index (χ2n) is 3.32. The molecule has 0 aromatic carbocycles. The van der Waals surface area contributed by atoms with Crippen LogP contribution in [0.5, 0.6) is 0 Å². The zero-order valence-electron chi connectivity index (χ0n) is 8.62. The Labute approximate surface area is 99.0 Å². The second-order valence-corrected chi connectivity index (χ2v) is 3.32. The fraction of sp³-hybridized carbons (Fsp3) is 0.625. The number of aliphatic carboxylic acids is 1. The van der Waals surface area contributed by atoms with E-state index in [-0.39, 0.29) is 0 Å². The zero-order valence-corrected chi connectivity index (χ0v) is 8.62. The molecule has 0 bridgehead atoms. The topological polar surface area (TPSA) is 37.3 Å². The van der Waals surface area contributed by atoms with Gasteiger partial charge in [-0.25, -0.2) is 18.0 Å². The number of rotatable bonds is 6. The molecular weight excluding hydrogens is 299 g/mol. The maximum Gasteiger partial charge on any atom is 0.378 e. The molecule has 0 atom stereocenters. The molecule has 0 aliphatic rings. The van der Waals surface area contributed by atoms with Gasteiger partial charge in [0.1, 0.15) is 0 Å². The van der Waals surface area contributed by atoms with Gasteiger partial charge in [-0.15, -0.1) is 0 Å². The molecule has 0 radical (unpaired) electrons. The van der Waals surface area contributed by atoms with Crippen LogP contribution in [0.1, 0.15) is 6.42 Å². The monoisotopic (exact) mass is 304 g/mol. The Morgan fingerprint density at radius 1 is 1.11 bits per heavy atom. The summed E-state index contributed by atoms with van der Waals surface area (Å²) >= 11 is 0. The van der Waals surface area contributed by atoms with Gasteiger partial charge in [-0.1, -0.05) is 0 Å². The van der Waals surface area contributed by atoms with Crippen LogP contribution in [-0.2, 0) is 4.79 Å². The predicted molar refractivity (Wildman–Crippen MR) is 42.3 cm³/mol. The van der Waals surface area contributed by atoms with Crippen molar-refractivity contribution in [3.05, 3.63) is 11.9 Å². The molecule has 0 unspecified atom stereocenters. The largest absolute Gasteiger partial charge is 0.478 e. The smallest absolute Gasteiger partial charge is 0.378 e. The molecule has 0 fully saturated rings. The van der Waals surface area contributed by atoms with Gasteiger partial charge in [-0.05, 0) is 0 Å². The normalized spacial score (nSPS) is 14.9. The van der Waals surface area contributed by atoms with Crippen molar-refractivity contribution in [1.29, 1.82) is 0 Å². The van der Waals surface area contributed by atoms with Gasteiger partial charge in [0.2, 0.25) is 0 Å². The Hall–Kier alpha value is -1.42. The van der Waals surface area contributed by atoms with Gasteiger partial charge in [0, 0.05) is 0 Å². The molecule has 0 spiro atoms. The first kappa shape index (κ1) is 17.6. The summed E-state index contributed by atoms with van der Waals surface area (Å²) in [6, 6.07) is 0. The molecule has 0 rings (SSSR count). The van der Waals surface area contributed by atoms with Crippen molar-refractivity contribution in [2.24, 2.45) is 0 Å². The van der Waals surface area contributed by atoms with Gasteiger partial charge in [0.15, 0.2) is 0 Å². The minimum absolute atomic E-state index is 1.02. The lowest BCUT2D eigenvalue weighted by Gasteiger charge is -2.32. The van der Waals surface area contributed by atoms with Crippen LogP contribution in [0.2, 0.25) is 0 Å². The summed E-state index contributed by atoms with van der Waals surface area (Å²) in [5.41, 5.74) is -1.96. The average Bonchev–Trinajstić information content (AvgIpc) is 2.24. The van der Waals surface area contributed by atoms with E-state index in [9.17, 15) is 44.3 Å². The van der Waals surface area contributed by atoms with Crippen molar-refractivity contribution in [3.8, 4) is 0 Å². The third-order valence-electron chi connectivity index (χ3n) is 1.97. The summed E-state index contributed by atoms with van der Waals surface area (Å²) in [6.45, 7) is 0. The molecule has 0 saturated carbocycles. The van der Waals surface area contributed by atoms with Crippen molar-refractivity contribution < 1.29 is 49.4 Å². The fourth-order valence-electron chi connectivity index (χ4n) is 0.892. The molecule has 0 aromatic heterocycles. The highest BCUT2D eigenvalue weighted by Crippen LogP contribution is 2.50. The first-order valence-electron chi connectivity index (χ1n) is 4.25. The Morgan fingerprint density at radius 3 is 1.79 bits per heavy atom. The maximum atomic E-state index is 12.8. The molecule has 0 aliphatic carbocycles. The van der Waals surface area contributed by atoms with Crippen molar-refractivity contribution in [2.75, 3.05) is 0 Å². The quantitative estimate of drug-likeness (QED) is 0.602. The molecule has 0 aliphatic heterocycles. The highest BCUT2D eigenvalue weighted by molar-refractivity contribution is 5.86. The molecular formula is C8H5F9O2. The lowest BCUT2D eigenvalue weighted by Crippen LogP contribution is -2.57. The molecule has 1 N–H and O–H groups in total. The standard InChI is InChI=1S/C8H5F9O2/c9-2-3(4(18)19)1-6(12,13)8(16,17)7(14,15)5(10)11/h2,5H,1H2,(H,18,19). The number of carbonyl (C=O) groups is 1. The number of halogens is 9. The average molecular weight is 304 g/mol. The lowest BCUT2D eigenvalue weighted by molar-refractivity contribution is -0.337. The van der Waals surface area contributed by atoms with E-state index in [4.69, 9.17) is 5.11 Å². The fourth-order valence-corrected chi connectivity index (χ4v) is 0.892. The van der Waals surface area contributed by atoms with Crippen LogP contribution >= 0.6 is 0 Å². The van der Waals surface area contributed by atoms with Gasteiger partial charge in [-0.2, -0.15) is 26.3 Å². The molecule has 112 valence electrons. The van der Waals surface area contributed by atoms with E-state index in [1.807, 2.05) is 0 Å². The molecule has 19 heavy (non-hydrogen) atoms. The van der Waals surface area contributed by atoms with Crippen LogP contribution in [-0.4, -0.2) is 35.3 Å². The summed E-state index contributed by atoms with van der Waals surface area (Å²) in [7, 11) is 0. The van der Waals surface area contributed by atoms with Crippen LogP contribution < -0.4 is 0 Å². The SMILES string of the molecule is O=C(O)C(=CF)CC(F)(F)C(F)(F)C(F)(F)C(F)F. The van der Waals surface area contributed by atoms with Crippen molar-refractivity contribution in [3.63, 3.8) is 0 Å². The Bertz CT molecular complexity index is 374. The molecule has 11 heteroatoms. The van der Waals surface area contributed by atoms with Crippen LogP contribution in [0.4, 0.5) is 39.5 Å². The summed E-state index contributed by atoms with van der Waals surface area (Å²) in [6.07, 6.45) is -8.81. The molecule has 0 amide bonds. The molecule has 0 saturated heterocycles. The second kappa shape index (κ2) is 5.29. The van der Waals surface area contributed by atoms with E-state index in [1.54, 1.807) is 0 Å². The van der Waals surface area contributed by atoms with Crippen LogP contribution in [0.25, 0.3) is 0 Å². The summed E-state index contributed by atoms with van der Waals surface area (Å²) in [5, 5.41) is 8.09. The first-order valence-corrected chi connectivity index (χ1v) is 4.25. The third-order valence-corrected chi connectivity index (χ3v) is 1.97. The summed E-state index contributed by atoms with van der Waals surface area (Å²) < 4.78 is 111. The van der Waals surface area contributed by atoms with E-state index < -0.39 is 48.5 Å². The number of hydrogen-bond donors (Lipinski definition) is 1. The van der Waals surface area contributed by atoms with Gasteiger partial charge in [-0.3, -0.25) is 0 Å². The lowest BCUT2D eigenvalue weighted by atomic mass is 9.98. The van der Waals surface area contributed by atoms with E-state index in [0.717, 1.165) is 0 Å². The Kier molecular flexibility index (Phi) is 4.90. The molecule has 0 aromatic rings. The number of alkyl halides is 8. The highest BCUT2D eigenvalue weighted by atomic mass is 19.4. The third kappa shape index (κ3) is 3.13. The van der Waals surface area contributed by atoms with E-state index in [1.165, 1.54) is 0 Å². The van der Waals surface area contributed by atoms with Crippen molar-refractivity contribution in [1.82, 2.24) is 0 Å². The van der Waals surface area contributed by atoms with Crippen LogP contribution in [0, 0.1) is 0 Å². The Balaban J connectivity index is 5.46. The number of carboxylic acids is 1. The van der Waals surface area contributed by atoms with Gasteiger partial charge < -0.3 is 5.11 Å². The summed E-state index contributed by atoms with van der Waals surface area (Å²) in [4.78, 5) is 10.1. The van der Waals surface area contributed by atoms with E-state index in [0.29, 0.717) is 0 Å². The van der Waals surface area contributed by atoms with Crippen LogP contribution in [0.15, 0.2) is 11.9 Å². The predicted octanol–water partition coefficient (Wildman–Crippen LogP) is 3.49. The number of hydrogen-bond acceptors (Lipinski definition) is 1. The highest BCUT2D eigenvalue weighted by Gasteiger charge is 2.75. The van der Waals surface area contributed by atoms with E-state index in [2.05, 4.69) is 0 Å². The zero-order chi connectivity index (χ0) is 15.6. The van der Waals surface area contributed by atoms with Gasteiger partial charge in [0.05, 0.1) is 18.3 Å². The molecule has 2 nitrogen and oxygen atoms in total. The molecule has 0 heterocycles. The van der Waals surface area contributed by atoms with Gasteiger partial charge in [0.25, 0.3) is 0 Å². The van der Waals surface area contributed by atoms with E-state index >= 15 is 0 Å². The minimum Gasteiger partial charge on any atom is -0.478 e. The Morgan fingerprint density at radius 2 is 1.53 bits per heavy atom. The number of carboxylic acid groups (broad SMARTS) is 1. The van der Waals surface area contributed by atoms with Crippen molar-refractivity contribution in [2.45, 2.75) is 30.6 Å². The first-order chi connectivity index (χ1) is 8.31.